The number of nitrogens with zero attached hydrogens (tertiary/aromatic N) is 4. The first-order valence-electron chi connectivity index (χ1n) is 10.8. The van der Waals surface area contributed by atoms with Crippen molar-refractivity contribution in [2.75, 3.05) is 32.7 Å². The van der Waals surface area contributed by atoms with E-state index in [0.717, 1.165) is 42.9 Å². The molecule has 0 aliphatic carbocycles. The van der Waals surface area contributed by atoms with Gasteiger partial charge in [0.25, 0.3) is 5.91 Å². The number of pyridine rings is 1. The van der Waals surface area contributed by atoms with Crippen molar-refractivity contribution in [2.45, 2.75) is 32.9 Å². The Morgan fingerprint density at radius 1 is 1.03 bits per heavy atom. The van der Waals surface area contributed by atoms with Crippen molar-refractivity contribution < 1.29 is 9.59 Å². The van der Waals surface area contributed by atoms with Crippen LogP contribution in [0.15, 0.2) is 48.7 Å². The molecule has 0 N–H and O–H groups in total. The van der Waals surface area contributed by atoms with Crippen molar-refractivity contribution >= 4 is 11.8 Å². The zero-order valence-electron chi connectivity index (χ0n) is 17.8. The van der Waals surface area contributed by atoms with E-state index in [1.807, 2.05) is 61.3 Å². The Kier molecular flexibility index (Phi) is 6.13. The first-order valence-corrected chi connectivity index (χ1v) is 10.8. The van der Waals surface area contributed by atoms with Crippen LogP contribution in [0.2, 0.25) is 0 Å². The molecule has 2 aromatic rings. The molecule has 0 radical (unpaired) electrons. The first kappa shape index (κ1) is 20.5. The van der Waals surface area contributed by atoms with Gasteiger partial charge in [0.2, 0.25) is 5.91 Å². The van der Waals surface area contributed by atoms with Gasteiger partial charge in [0.1, 0.15) is 6.04 Å². The van der Waals surface area contributed by atoms with Gasteiger partial charge in [-0.05, 0) is 29.7 Å². The Balaban J connectivity index is 1.36. The van der Waals surface area contributed by atoms with Gasteiger partial charge in [0.05, 0.1) is 0 Å². The molecule has 2 aliphatic rings. The van der Waals surface area contributed by atoms with Crippen LogP contribution in [0.5, 0.6) is 0 Å². The fourth-order valence-corrected chi connectivity index (χ4v) is 4.48. The summed E-state index contributed by atoms with van der Waals surface area (Å²) in [6.07, 6.45) is 2.75. The smallest absolute Gasteiger partial charge is 0.255 e. The lowest BCUT2D eigenvalue weighted by atomic mass is 10.0. The highest BCUT2D eigenvalue weighted by molar-refractivity contribution is 6.01. The molecule has 0 bridgehead atoms. The minimum Gasteiger partial charge on any atom is -0.338 e. The van der Waals surface area contributed by atoms with Crippen molar-refractivity contribution in [1.29, 1.82) is 0 Å². The maximum atomic E-state index is 13.4. The molecule has 1 fully saturated rings. The van der Waals surface area contributed by atoms with Gasteiger partial charge in [-0.1, -0.05) is 38.1 Å². The van der Waals surface area contributed by atoms with E-state index in [-0.39, 0.29) is 17.7 Å². The van der Waals surface area contributed by atoms with Crippen molar-refractivity contribution in [3.63, 3.8) is 0 Å². The largest absolute Gasteiger partial charge is 0.338 e. The van der Waals surface area contributed by atoms with Gasteiger partial charge in [-0.25, -0.2) is 0 Å². The van der Waals surface area contributed by atoms with E-state index in [1.165, 1.54) is 0 Å². The summed E-state index contributed by atoms with van der Waals surface area (Å²) < 4.78 is 0. The summed E-state index contributed by atoms with van der Waals surface area (Å²) in [5, 5.41) is 0. The summed E-state index contributed by atoms with van der Waals surface area (Å²) in [7, 11) is 0. The number of hydrogen-bond acceptors (Lipinski definition) is 4. The molecule has 1 aromatic heterocycles. The zero-order chi connectivity index (χ0) is 21.1. The Morgan fingerprint density at radius 2 is 1.77 bits per heavy atom. The van der Waals surface area contributed by atoms with Gasteiger partial charge in [-0.15, -0.1) is 0 Å². The van der Waals surface area contributed by atoms with Crippen LogP contribution >= 0.6 is 0 Å². The lowest BCUT2D eigenvalue weighted by molar-refractivity contribution is -0.139. The highest BCUT2D eigenvalue weighted by atomic mass is 16.2. The minimum atomic E-state index is -0.412. The highest BCUT2D eigenvalue weighted by Crippen LogP contribution is 2.28. The molecular formula is C24H30N4O2. The summed E-state index contributed by atoms with van der Waals surface area (Å²) in [5.74, 6) is 0.125. The molecule has 0 spiro atoms. The molecule has 3 heterocycles. The Bertz CT molecular complexity index is 891. The van der Waals surface area contributed by atoms with E-state index in [4.69, 9.17) is 0 Å². The number of fused-ring (bicyclic) bond motifs is 1. The monoisotopic (exact) mass is 406 g/mol. The van der Waals surface area contributed by atoms with Crippen LogP contribution in [0.3, 0.4) is 0 Å². The summed E-state index contributed by atoms with van der Waals surface area (Å²) in [6, 6.07) is 13.3. The van der Waals surface area contributed by atoms with Crippen LogP contribution < -0.4 is 0 Å². The average molecular weight is 407 g/mol. The highest BCUT2D eigenvalue weighted by Gasteiger charge is 2.40. The van der Waals surface area contributed by atoms with Gasteiger partial charge in [-0.2, -0.15) is 0 Å². The molecule has 0 saturated carbocycles. The van der Waals surface area contributed by atoms with Crippen molar-refractivity contribution in [2.24, 2.45) is 5.92 Å². The Hall–Kier alpha value is -2.73. The molecule has 0 unspecified atom stereocenters. The molecule has 6 nitrogen and oxygen atoms in total. The second kappa shape index (κ2) is 8.96. The molecule has 158 valence electrons. The number of carbonyl (C=O) groups excluding carboxylic acids is 2. The SMILES string of the molecule is CC(C)[C@@H](C(=O)N1CCN(CCc2ccccn2)CC1)N1Cc2ccccc2C1=O. The standard InChI is InChI=1S/C24H30N4O2/c1-18(2)22(28-17-19-7-3-4-9-21(19)23(28)29)24(30)27-15-13-26(14-16-27)12-10-20-8-5-6-11-25-20/h3-9,11,18,22H,10,12-17H2,1-2H3/t22-/m0/s1. The predicted molar refractivity (Wildman–Crippen MR) is 116 cm³/mol. The zero-order valence-corrected chi connectivity index (χ0v) is 17.8. The number of benzene rings is 1. The van der Waals surface area contributed by atoms with E-state index < -0.39 is 6.04 Å². The van der Waals surface area contributed by atoms with Crippen molar-refractivity contribution in [1.82, 2.24) is 19.7 Å². The van der Waals surface area contributed by atoms with Gasteiger partial charge < -0.3 is 9.80 Å². The summed E-state index contributed by atoms with van der Waals surface area (Å²) in [5.41, 5.74) is 2.85. The third kappa shape index (κ3) is 4.24. The number of amides is 2. The van der Waals surface area contributed by atoms with Crippen LogP contribution in [0.4, 0.5) is 0 Å². The van der Waals surface area contributed by atoms with Crippen LogP contribution in [0.1, 0.15) is 35.5 Å². The van der Waals surface area contributed by atoms with Gasteiger partial charge in [0.15, 0.2) is 0 Å². The predicted octanol–water partition coefficient (Wildman–Crippen LogP) is 2.45. The number of carbonyl (C=O) groups is 2. The van der Waals surface area contributed by atoms with E-state index >= 15 is 0 Å². The molecule has 6 heteroatoms. The summed E-state index contributed by atoms with van der Waals surface area (Å²) >= 11 is 0. The molecule has 2 aliphatic heterocycles. The first-order chi connectivity index (χ1) is 14.5. The minimum absolute atomic E-state index is 0.0216. The third-order valence-electron chi connectivity index (χ3n) is 6.16. The van der Waals surface area contributed by atoms with Gasteiger partial charge in [-0.3, -0.25) is 19.5 Å². The normalized spacial score (nSPS) is 18.0. The van der Waals surface area contributed by atoms with Crippen LogP contribution in [0, 0.1) is 5.92 Å². The second-order valence-corrected chi connectivity index (χ2v) is 8.52. The van der Waals surface area contributed by atoms with Crippen LogP contribution in [-0.2, 0) is 17.8 Å². The lowest BCUT2D eigenvalue weighted by Crippen LogP contribution is -2.56. The molecule has 2 amide bonds. The van der Waals surface area contributed by atoms with Gasteiger partial charge in [0, 0.05) is 63.1 Å². The summed E-state index contributed by atoms with van der Waals surface area (Å²) in [4.78, 5) is 36.8. The van der Waals surface area contributed by atoms with Crippen LogP contribution in [0.25, 0.3) is 0 Å². The fourth-order valence-electron chi connectivity index (χ4n) is 4.48. The van der Waals surface area contributed by atoms with Crippen molar-refractivity contribution in [3.05, 3.63) is 65.5 Å². The molecule has 1 saturated heterocycles. The maximum absolute atomic E-state index is 13.4. The van der Waals surface area contributed by atoms with Crippen molar-refractivity contribution in [3.8, 4) is 0 Å². The van der Waals surface area contributed by atoms with E-state index in [1.54, 1.807) is 4.90 Å². The number of aromatic nitrogens is 1. The average Bonchev–Trinajstić information content (AvgIpc) is 3.09. The molecular weight excluding hydrogens is 376 g/mol. The quantitative estimate of drug-likeness (QED) is 0.740. The number of hydrogen-bond donors (Lipinski definition) is 0. The molecule has 4 rings (SSSR count). The number of piperazine rings is 1. The second-order valence-electron chi connectivity index (χ2n) is 8.52. The van der Waals surface area contributed by atoms with Gasteiger partial charge >= 0.3 is 0 Å². The fraction of sp³-hybridized carbons (Fsp3) is 0.458. The maximum Gasteiger partial charge on any atom is 0.255 e. The topological polar surface area (TPSA) is 56.8 Å². The Morgan fingerprint density at radius 3 is 2.43 bits per heavy atom. The molecule has 1 aromatic carbocycles. The molecule has 30 heavy (non-hydrogen) atoms. The number of rotatable bonds is 6. The Labute approximate surface area is 178 Å². The lowest BCUT2D eigenvalue weighted by Gasteiger charge is -2.39. The van der Waals surface area contributed by atoms with E-state index in [2.05, 4.69) is 16.0 Å². The van der Waals surface area contributed by atoms with Crippen LogP contribution in [-0.4, -0.2) is 70.3 Å². The third-order valence-corrected chi connectivity index (χ3v) is 6.16. The van der Waals surface area contributed by atoms with E-state index in [0.29, 0.717) is 19.6 Å². The summed E-state index contributed by atoms with van der Waals surface area (Å²) in [6.45, 7) is 8.66. The van der Waals surface area contributed by atoms with E-state index in [9.17, 15) is 9.59 Å². The molecule has 1 atom stereocenters.